The summed E-state index contributed by atoms with van der Waals surface area (Å²) in [6.45, 7) is 1.20. The van der Waals surface area contributed by atoms with E-state index in [2.05, 4.69) is 10.3 Å². The number of amidine groups is 1. The number of aliphatic imine (C=N–C) groups is 1. The van der Waals surface area contributed by atoms with E-state index in [0.717, 1.165) is 12.0 Å². The highest BCUT2D eigenvalue weighted by Crippen LogP contribution is 2.31. The molecule has 6 heteroatoms. The van der Waals surface area contributed by atoms with E-state index < -0.39 is 5.82 Å². The second kappa shape index (κ2) is 6.39. The zero-order valence-corrected chi connectivity index (χ0v) is 13.3. The number of nitrogens with zero attached hydrogens (tertiary/aromatic N) is 1. The topological polar surface area (TPSA) is 59.9 Å². The fourth-order valence-electron chi connectivity index (χ4n) is 2.68. The number of carbonyl (C=O) groups excluding carboxylic acids is 1. The SMILES string of the molecule is O=C1NC(c2ccccc2F)=N/C1=C/c1ccc2c(c1)OCCCO2. The summed E-state index contributed by atoms with van der Waals surface area (Å²) >= 11 is 0. The van der Waals surface area contributed by atoms with Gasteiger partial charge in [-0.2, -0.15) is 0 Å². The lowest BCUT2D eigenvalue weighted by Gasteiger charge is -2.07. The number of amides is 1. The van der Waals surface area contributed by atoms with Crippen molar-refractivity contribution >= 4 is 17.8 Å². The summed E-state index contributed by atoms with van der Waals surface area (Å²) < 4.78 is 25.1. The van der Waals surface area contributed by atoms with Crippen LogP contribution in [0.15, 0.2) is 53.2 Å². The number of nitrogens with one attached hydrogen (secondary N) is 1. The van der Waals surface area contributed by atoms with Crippen LogP contribution < -0.4 is 14.8 Å². The second-order valence-corrected chi connectivity index (χ2v) is 5.68. The first-order valence-corrected chi connectivity index (χ1v) is 7.97. The van der Waals surface area contributed by atoms with Crippen molar-refractivity contribution in [3.63, 3.8) is 0 Å². The van der Waals surface area contributed by atoms with E-state index in [4.69, 9.17) is 9.47 Å². The minimum atomic E-state index is -0.432. The zero-order valence-electron chi connectivity index (χ0n) is 13.3. The summed E-state index contributed by atoms with van der Waals surface area (Å²) in [7, 11) is 0. The molecule has 0 unspecified atom stereocenters. The zero-order chi connectivity index (χ0) is 17.2. The van der Waals surface area contributed by atoms with E-state index in [1.54, 1.807) is 36.4 Å². The van der Waals surface area contributed by atoms with Gasteiger partial charge in [0.1, 0.15) is 17.3 Å². The van der Waals surface area contributed by atoms with Crippen molar-refractivity contribution in [2.75, 3.05) is 13.2 Å². The molecule has 25 heavy (non-hydrogen) atoms. The Morgan fingerprint density at radius 1 is 1.08 bits per heavy atom. The van der Waals surface area contributed by atoms with Gasteiger partial charge in [0.15, 0.2) is 11.5 Å². The molecule has 0 spiro atoms. The molecule has 4 rings (SSSR count). The highest BCUT2D eigenvalue weighted by atomic mass is 19.1. The first kappa shape index (κ1) is 15.4. The molecular weight excluding hydrogens is 323 g/mol. The number of hydrogen-bond acceptors (Lipinski definition) is 4. The number of rotatable bonds is 2. The molecule has 1 amide bonds. The third-order valence-corrected chi connectivity index (χ3v) is 3.90. The molecule has 0 radical (unpaired) electrons. The van der Waals surface area contributed by atoms with Gasteiger partial charge in [0.2, 0.25) is 0 Å². The van der Waals surface area contributed by atoms with Crippen molar-refractivity contribution in [2.24, 2.45) is 4.99 Å². The summed E-state index contributed by atoms with van der Waals surface area (Å²) in [5.41, 5.74) is 1.23. The summed E-state index contributed by atoms with van der Waals surface area (Å²) in [5.74, 6) is 0.738. The van der Waals surface area contributed by atoms with Crippen molar-refractivity contribution in [2.45, 2.75) is 6.42 Å². The van der Waals surface area contributed by atoms with Gasteiger partial charge < -0.3 is 14.8 Å². The lowest BCUT2D eigenvalue weighted by Crippen LogP contribution is -2.25. The predicted molar refractivity (Wildman–Crippen MR) is 91.1 cm³/mol. The Labute approximate surface area is 143 Å². The number of hydrogen-bond donors (Lipinski definition) is 1. The van der Waals surface area contributed by atoms with E-state index in [9.17, 15) is 9.18 Å². The Morgan fingerprint density at radius 2 is 1.88 bits per heavy atom. The largest absolute Gasteiger partial charge is 0.490 e. The van der Waals surface area contributed by atoms with Crippen LogP contribution in [-0.4, -0.2) is 25.0 Å². The molecule has 0 aliphatic carbocycles. The third kappa shape index (κ3) is 3.10. The first-order valence-electron chi connectivity index (χ1n) is 7.97. The monoisotopic (exact) mass is 338 g/mol. The van der Waals surface area contributed by atoms with Crippen LogP contribution in [0, 0.1) is 5.82 Å². The minimum absolute atomic E-state index is 0.212. The number of benzene rings is 2. The fraction of sp³-hybridized carbons (Fsp3) is 0.158. The maximum atomic E-state index is 13.9. The standard InChI is InChI=1S/C19H15FN2O3/c20-14-5-2-1-4-13(14)18-21-15(19(23)22-18)10-12-6-7-16-17(11-12)25-9-3-8-24-16/h1-2,4-7,10-11H,3,8-9H2,(H,21,22,23)/b15-10+. The molecule has 126 valence electrons. The number of carbonyl (C=O) groups is 1. The molecule has 0 fully saturated rings. The normalized spacial score (nSPS) is 17.9. The average Bonchev–Trinajstić information content (AvgIpc) is 2.82. The van der Waals surface area contributed by atoms with Crippen LogP contribution in [0.3, 0.4) is 0 Å². The van der Waals surface area contributed by atoms with Gasteiger partial charge in [-0.3, -0.25) is 4.79 Å². The highest BCUT2D eigenvalue weighted by molar-refractivity contribution is 6.19. The Balaban J connectivity index is 1.66. The maximum absolute atomic E-state index is 13.9. The maximum Gasteiger partial charge on any atom is 0.275 e. The van der Waals surface area contributed by atoms with E-state index in [1.165, 1.54) is 6.07 Å². The van der Waals surface area contributed by atoms with Crippen molar-refractivity contribution in [3.8, 4) is 11.5 Å². The average molecular weight is 338 g/mol. The summed E-state index contributed by atoms with van der Waals surface area (Å²) in [6, 6.07) is 11.6. The molecule has 2 aliphatic heterocycles. The van der Waals surface area contributed by atoms with Crippen LogP contribution in [-0.2, 0) is 4.79 Å². The molecule has 0 bridgehead atoms. The van der Waals surface area contributed by atoms with Crippen LogP contribution in [0.2, 0.25) is 0 Å². The molecule has 0 saturated heterocycles. The molecule has 2 aromatic rings. The van der Waals surface area contributed by atoms with Crippen LogP contribution in [0.5, 0.6) is 11.5 Å². The van der Waals surface area contributed by atoms with Crippen molar-refractivity contribution in [1.82, 2.24) is 5.32 Å². The van der Waals surface area contributed by atoms with Gasteiger partial charge in [0.25, 0.3) is 5.91 Å². The van der Waals surface area contributed by atoms with Gasteiger partial charge in [-0.05, 0) is 35.9 Å². The summed E-state index contributed by atoms with van der Waals surface area (Å²) in [6.07, 6.45) is 2.46. The fourth-order valence-corrected chi connectivity index (χ4v) is 2.68. The molecule has 2 aromatic carbocycles. The molecule has 1 N–H and O–H groups in total. The third-order valence-electron chi connectivity index (χ3n) is 3.90. The Morgan fingerprint density at radius 3 is 2.72 bits per heavy atom. The van der Waals surface area contributed by atoms with Gasteiger partial charge in [-0.25, -0.2) is 9.38 Å². The van der Waals surface area contributed by atoms with E-state index >= 15 is 0 Å². The quantitative estimate of drug-likeness (QED) is 0.857. The Kier molecular flexibility index (Phi) is 3.93. The van der Waals surface area contributed by atoms with Gasteiger partial charge in [-0.1, -0.05) is 18.2 Å². The Bertz CT molecular complexity index is 905. The van der Waals surface area contributed by atoms with Gasteiger partial charge in [0.05, 0.1) is 18.8 Å². The van der Waals surface area contributed by atoms with E-state index in [0.29, 0.717) is 24.7 Å². The molecular formula is C19H15FN2O3. The predicted octanol–water partition coefficient (Wildman–Crippen LogP) is 2.90. The van der Waals surface area contributed by atoms with Crippen molar-refractivity contribution in [3.05, 3.63) is 65.1 Å². The Hall–Kier alpha value is -3.15. The molecule has 2 aliphatic rings. The lowest BCUT2D eigenvalue weighted by molar-refractivity contribution is -0.115. The van der Waals surface area contributed by atoms with E-state index in [1.807, 2.05) is 6.07 Å². The van der Waals surface area contributed by atoms with Gasteiger partial charge >= 0.3 is 0 Å². The summed E-state index contributed by atoms with van der Waals surface area (Å²) in [4.78, 5) is 16.4. The second-order valence-electron chi connectivity index (χ2n) is 5.68. The van der Waals surface area contributed by atoms with Crippen LogP contribution in [0.1, 0.15) is 17.5 Å². The van der Waals surface area contributed by atoms with Gasteiger partial charge in [-0.15, -0.1) is 0 Å². The van der Waals surface area contributed by atoms with E-state index in [-0.39, 0.29) is 23.0 Å². The number of fused-ring (bicyclic) bond motifs is 1. The minimum Gasteiger partial charge on any atom is -0.490 e. The van der Waals surface area contributed by atoms with Crippen LogP contribution in [0.25, 0.3) is 6.08 Å². The lowest BCUT2D eigenvalue weighted by atomic mass is 10.1. The van der Waals surface area contributed by atoms with Crippen molar-refractivity contribution in [1.29, 1.82) is 0 Å². The number of halogens is 1. The smallest absolute Gasteiger partial charge is 0.275 e. The number of ether oxygens (including phenoxy) is 2. The van der Waals surface area contributed by atoms with Crippen molar-refractivity contribution < 1.29 is 18.7 Å². The highest BCUT2D eigenvalue weighted by Gasteiger charge is 2.23. The van der Waals surface area contributed by atoms with Crippen LogP contribution >= 0.6 is 0 Å². The van der Waals surface area contributed by atoms with Gasteiger partial charge in [0, 0.05) is 6.42 Å². The molecule has 5 nitrogen and oxygen atoms in total. The van der Waals surface area contributed by atoms with Crippen LogP contribution in [0.4, 0.5) is 4.39 Å². The molecule has 0 saturated carbocycles. The molecule has 0 aromatic heterocycles. The molecule has 2 heterocycles. The summed E-state index contributed by atoms with van der Waals surface area (Å²) in [5, 5.41) is 2.60. The molecule has 0 atom stereocenters. The first-order chi connectivity index (χ1) is 12.2.